The normalized spacial score (nSPS) is 18.5. The minimum absolute atomic E-state index is 0.206. The third kappa shape index (κ3) is 2.45. The van der Waals surface area contributed by atoms with Crippen molar-refractivity contribution < 1.29 is 8.42 Å². The molecule has 2 aliphatic carbocycles. The molecule has 7 nitrogen and oxygen atoms in total. The van der Waals surface area contributed by atoms with Gasteiger partial charge in [-0.15, -0.1) is 0 Å². The van der Waals surface area contributed by atoms with Gasteiger partial charge in [0.25, 0.3) is 10.0 Å². The molecule has 4 rings (SSSR count). The number of aromatic nitrogens is 4. The summed E-state index contributed by atoms with van der Waals surface area (Å²) in [5.74, 6) is 0.598. The van der Waals surface area contributed by atoms with Crippen LogP contribution in [0.15, 0.2) is 17.3 Å². The average molecular weight is 335 g/mol. The maximum atomic E-state index is 12.9. The lowest BCUT2D eigenvalue weighted by atomic mass is 9.93. The van der Waals surface area contributed by atoms with Crippen LogP contribution in [0.5, 0.6) is 0 Å². The second-order valence-corrected chi connectivity index (χ2v) is 8.04. The van der Waals surface area contributed by atoms with Crippen molar-refractivity contribution >= 4 is 15.8 Å². The predicted octanol–water partition coefficient (Wildman–Crippen LogP) is 2.02. The second-order valence-electron chi connectivity index (χ2n) is 6.41. The summed E-state index contributed by atoms with van der Waals surface area (Å²) in [6, 6.07) is 1.78. The summed E-state index contributed by atoms with van der Waals surface area (Å²) < 4.78 is 31.8. The van der Waals surface area contributed by atoms with E-state index in [1.54, 1.807) is 28.7 Å². The molecular weight excluding hydrogens is 314 g/mol. The van der Waals surface area contributed by atoms with E-state index in [0.717, 1.165) is 56.2 Å². The Bertz CT molecular complexity index is 832. The van der Waals surface area contributed by atoms with Gasteiger partial charge in [-0.05, 0) is 51.0 Å². The maximum Gasteiger partial charge on any atom is 0.280 e. The van der Waals surface area contributed by atoms with Crippen LogP contribution >= 0.6 is 0 Å². The number of fused-ring (bicyclic) bond motifs is 1. The molecule has 23 heavy (non-hydrogen) atoms. The maximum absolute atomic E-state index is 12.9. The van der Waals surface area contributed by atoms with Gasteiger partial charge in [-0.3, -0.25) is 9.40 Å². The molecule has 0 aromatic carbocycles. The van der Waals surface area contributed by atoms with E-state index >= 15 is 0 Å². The van der Waals surface area contributed by atoms with Gasteiger partial charge in [0.1, 0.15) is 5.82 Å². The second kappa shape index (κ2) is 5.36. The van der Waals surface area contributed by atoms with E-state index in [0.29, 0.717) is 5.82 Å². The first-order chi connectivity index (χ1) is 11.1. The molecule has 2 aliphatic rings. The van der Waals surface area contributed by atoms with Crippen molar-refractivity contribution in [1.82, 2.24) is 19.6 Å². The number of aryl methyl sites for hydroxylation is 2. The fourth-order valence-electron chi connectivity index (χ4n) is 3.41. The van der Waals surface area contributed by atoms with Crippen molar-refractivity contribution in [1.29, 1.82) is 0 Å². The molecule has 1 fully saturated rings. The summed E-state index contributed by atoms with van der Waals surface area (Å²) in [5.41, 5.74) is 2.06. The van der Waals surface area contributed by atoms with Crippen molar-refractivity contribution in [3.63, 3.8) is 0 Å². The summed E-state index contributed by atoms with van der Waals surface area (Å²) in [7, 11) is -1.87. The molecule has 2 heterocycles. The highest BCUT2D eigenvalue weighted by Gasteiger charge is 2.30. The van der Waals surface area contributed by atoms with Gasteiger partial charge in [-0.1, -0.05) is 0 Å². The van der Waals surface area contributed by atoms with Crippen LogP contribution in [0.3, 0.4) is 0 Å². The molecule has 1 N–H and O–H groups in total. The zero-order valence-corrected chi connectivity index (χ0v) is 14.0. The van der Waals surface area contributed by atoms with E-state index < -0.39 is 10.0 Å². The summed E-state index contributed by atoms with van der Waals surface area (Å²) >= 11 is 0. The minimum Gasteiger partial charge on any atom is -0.262 e. The van der Waals surface area contributed by atoms with Crippen molar-refractivity contribution in [3.05, 3.63) is 23.5 Å². The van der Waals surface area contributed by atoms with Gasteiger partial charge in [0.05, 0.1) is 17.9 Å². The van der Waals surface area contributed by atoms with E-state index in [-0.39, 0.29) is 11.1 Å². The first-order valence-electron chi connectivity index (χ1n) is 8.17. The van der Waals surface area contributed by atoms with Crippen molar-refractivity contribution in [2.45, 2.75) is 56.0 Å². The van der Waals surface area contributed by atoms with Crippen LogP contribution in [0, 0.1) is 0 Å². The third-order valence-corrected chi connectivity index (χ3v) is 6.22. The molecule has 1 saturated carbocycles. The van der Waals surface area contributed by atoms with E-state index in [2.05, 4.69) is 14.9 Å². The van der Waals surface area contributed by atoms with E-state index in [1.165, 1.54) is 0 Å². The molecule has 2 aromatic rings. The lowest BCUT2D eigenvalue weighted by molar-refractivity contribution is 0.271. The highest BCUT2D eigenvalue weighted by Crippen LogP contribution is 2.34. The largest absolute Gasteiger partial charge is 0.280 e. The van der Waals surface area contributed by atoms with Gasteiger partial charge >= 0.3 is 0 Å². The SMILES string of the molecule is Cn1nc2c(c1NS(=O)(=O)c1ccnn1C1CCC1)CCCC2. The quantitative estimate of drug-likeness (QED) is 0.927. The van der Waals surface area contributed by atoms with Crippen molar-refractivity contribution in [2.75, 3.05) is 4.72 Å². The van der Waals surface area contributed by atoms with Gasteiger partial charge in [0, 0.05) is 12.6 Å². The summed E-state index contributed by atoms with van der Waals surface area (Å²) in [6.45, 7) is 0. The Morgan fingerprint density at radius 3 is 2.74 bits per heavy atom. The highest BCUT2D eigenvalue weighted by atomic mass is 32.2. The molecule has 0 unspecified atom stereocenters. The molecule has 124 valence electrons. The number of nitrogens with zero attached hydrogens (tertiary/aromatic N) is 4. The number of sulfonamides is 1. The molecule has 0 spiro atoms. The number of anilines is 1. The molecule has 8 heteroatoms. The number of nitrogens with one attached hydrogen (secondary N) is 1. The fourth-order valence-corrected chi connectivity index (χ4v) is 4.71. The lowest BCUT2D eigenvalue weighted by Crippen LogP contribution is -2.25. The van der Waals surface area contributed by atoms with Gasteiger partial charge in [-0.25, -0.2) is 4.68 Å². The summed E-state index contributed by atoms with van der Waals surface area (Å²) in [6.07, 6.45) is 8.67. The number of hydrogen-bond acceptors (Lipinski definition) is 4. The number of hydrogen-bond donors (Lipinski definition) is 1. The van der Waals surface area contributed by atoms with Crippen LogP contribution in [0.4, 0.5) is 5.82 Å². The molecule has 0 atom stereocenters. The Morgan fingerprint density at radius 1 is 1.22 bits per heavy atom. The molecule has 0 amide bonds. The fraction of sp³-hybridized carbons (Fsp3) is 0.600. The zero-order chi connectivity index (χ0) is 16.0. The Morgan fingerprint density at radius 2 is 2.00 bits per heavy atom. The average Bonchev–Trinajstić information content (AvgIpc) is 3.04. The summed E-state index contributed by atoms with van der Waals surface area (Å²) in [5, 5.41) is 8.93. The number of rotatable bonds is 4. The first-order valence-corrected chi connectivity index (χ1v) is 9.65. The van der Waals surface area contributed by atoms with E-state index in [9.17, 15) is 8.42 Å². The molecule has 0 radical (unpaired) electrons. The lowest BCUT2D eigenvalue weighted by Gasteiger charge is -2.27. The monoisotopic (exact) mass is 335 g/mol. The van der Waals surface area contributed by atoms with Crippen LogP contribution in [-0.2, 0) is 29.9 Å². The summed E-state index contributed by atoms with van der Waals surface area (Å²) in [4.78, 5) is 0. The van der Waals surface area contributed by atoms with Crippen LogP contribution in [0.1, 0.15) is 49.4 Å². The van der Waals surface area contributed by atoms with Gasteiger partial charge < -0.3 is 0 Å². The molecule has 0 aliphatic heterocycles. The Labute approximate surface area is 135 Å². The van der Waals surface area contributed by atoms with Crippen LogP contribution in [-0.4, -0.2) is 28.0 Å². The third-order valence-electron chi connectivity index (χ3n) is 4.88. The van der Waals surface area contributed by atoms with Crippen LogP contribution in [0.25, 0.3) is 0 Å². The molecule has 0 bridgehead atoms. The predicted molar refractivity (Wildman–Crippen MR) is 85.8 cm³/mol. The molecule has 0 saturated heterocycles. The molecular formula is C15H21N5O2S. The Kier molecular flexibility index (Phi) is 3.44. The van der Waals surface area contributed by atoms with Crippen molar-refractivity contribution in [3.8, 4) is 0 Å². The Hall–Kier alpha value is -1.83. The highest BCUT2D eigenvalue weighted by molar-refractivity contribution is 7.92. The first kappa shape index (κ1) is 14.7. The zero-order valence-electron chi connectivity index (χ0n) is 13.2. The topological polar surface area (TPSA) is 81.8 Å². The standard InChI is InChI=1S/C15H21N5O2S/c1-19-15(12-7-2-3-8-13(12)17-19)18-23(21,22)14-9-10-16-20(14)11-5-4-6-11/h9-11,18H,2-8H2,1H3. The van der Waals surface area contributed by atoms with E-state index in [1.807, 2.05) is 0 Å². The molecule has 2 aromatic heterocycles. The van der Waals surface area contributed by atoms with Gasteiger partial charge in [0.2, 0.25) is 0 Å². The Balaban J connectivity index is 1.68. The van der Waals surface area contributed by atoms with Gasteiger partial charge in [-0.2, -0.15) is 18.6 Å². The van der Waals surface area contributed by atoms with Crippen LogP contribution < -0.4 is 4.72 Å². The van der Waals surface area contributed by atoms with Crippen LogP contribution in [0.2, 0.25) is 0 Å². The van der Waals surface area contributed by atoms with Gasteiger partial charge in [0.15, 0.2) is 5.03 Å². The smallest absolute Gasteiger partial charge is 0.262 e. The van der Waals surface area contributed by atoms with E-state index in [4.69, 9.17) is 0 Å². The minimum atomic E-state index is -3.66. The van der Waals surface area contributed by atoms with Crippen molar-refractivity contribution in [2.24, 2.45) is 7.05 Å².